The van der Waals surface area contributed by atoms with Crippen LogP contribution in [-0.2, 0) is 28.5 Å². The molecule has 19 heavy (non-hydrogen) atoms. The lowest BCUT2D eigenvalue weighted by atomic mass is 10.0. The van der Waals surface area contributed by atoms with E-state index in [1.807, 2.05) is 13.8 Å². The second-order valence-electron chi connectivity index (χ2n) is 4.89. The summed E-state index contributed by atoms with van der Waals surface area (Å²) in [5.41, 5.74) is 0.600. The molecule has 2 saturated heterocycles. The predicted molar refractivity (Wildman–Crippen MR) is 65.3 cm³/mol. The number of ether oxygens (including phenoxy) is 5. The average molecular weight is 272 g/mol. The first-order valence-electron chi connectivity index (χ1n) is 6.35. The maximum Gasteiger partial charge on any atom is 0.330 e. The van der Waals surface area contributed by atoms with Gasteiger partial charge in [0.2, 0.25) is 0 Å². The summed E-state index contributed by atoms with van der Waals surface area (Å²) < 4.78 is 27.2. The van der Waals surface area contributed by atoms with Crippen LogP contribution < -0.4 is 0 Å². The molecule has 0 spiro atoms. The SMILES string of the molecule is CCOC(=O)/C=C1\[C@H](OC)OC[C@H]2OC(C)(C)O[C@@H]12. The molecule has 0 aromatic heterocycles. The van der Waals surface area contributed by atoms with Crippen molar-refractivity contribution in [3.63, 3.8) is 0 Å². The third-order valence-electron chi connectivity index (χ3n) is 2.98. The normalized spacial score (nSPS) is 35.2. The number of esters is 1. The Morgan fingerprint density at radius 1 is 1.47 bits per heavy atom. The zero-order valence-corrected chi connectivity index (χ0v) is 11.7. The maximum absolute atomic E-state index is 11.6. The number of methoxy groups -OCH3 is 1. The van der Waals surface area contributed by atoms with Crippen LogP contribution >= 0.6 is 0 Å². The van der Waals surface area contributed by atoms with E-state index in [4.69, 9.17) is 23.7 Å². The highest BCUT2D eigenvalue weighted by Gasteiger charge is 2.48. The Hall–Kier alpha value is -0.950. The molecule has 0 aromatic carbocycles. The van der Waals surface area contributed by atoms with Gasteiger partial charge in [-0.1, -0.05) is 0 Å². The quantitative estimate of drug-likeness (QED) is 0.564. The van der Waals surface area contributed by atoms with E-state index in [9.17, 15) is 4.79 Å². The van der Waals surface area contributed by atoms with Gasteiger partial charge in [0.1, 0.15) is 12.2 Å². The van der Waals surface area contributed by atoms with Crippen LogP contribution in [-0.4, -0.2) is 50.6 Å². The summed E-state index contributed by atoms with van der Waals surface area (Å²) in [7, 11) is 1.52. The molecule has 0 aliphatic carbocycles. The van der Waals surface area contributed by atoms with Gasteiger partial charge in [-0.3, -0.25) is 0 Å². The van der Waals surface area contributed by atoms with Crippen LogP contribution in [0, 0.1) is 0 Å². The molecule has 0 unspecified atom stereocenters. The fourth-order valence-corrected chi connectivity index (χ4v) is 2.33. The van der Waals surface area contributed by atoms with Crippen LogP contribution in [0.15, 0.2) is 11.6 Å². The second-order valence-corrected chi connectivity index (χ2v) is 4.89. The fraction of sp³-hybridized carbons (Fsp3) is 0.769. The smallest absolute Gasteiger partial charge is 0.330 e. The van der Waals surface area contributed by atoms with Gasteiger partial charge < -0.3 is 23.7 Å². The summed E-state index contributed by atoms with van der Waals surface area (Å²) in [6.45, 7) is 6.09. The number of carbonyl (C=O) groups is 1. The van der Waals surface area contributed by atoms with E-state index in [-0.39, 0.29) is 12.2 Å². The molecule has 2 aliphatic rings. The Labute approximate surface area is 112 Å². The van der Waals surface area contributed by atoms with Gasteiger partial charge in [-0.2, -0.15) is 0 Å². The van der Waals surface area contributed by atoms with Crippen molar-refractivity contribution < 1.29 is 28.5 Å². The average Bonchev–Trinajstić information content (AvgIpc) is 2.64. The summed E-state index contributed by atoms with van der Waals surface area (Å²) in [4.78, 5) is 11.6. The lowest BCUT2D eigenvalue weighted by Gasteiger charge is -2.31. The summed E-state index contributed by atoms with van der Waals surface area (Å²) in [5, 5.41) is 0. The molecule has 6 heteroatoms. The first kappa shape index (κ1) is 14.5. The Bertz CT molecular complexity index is 375. The van der Waals surface area contributed by atoms with Crippen LogP contribution in [0.2, 0.25) is 0 Å². The summed E-state index contributed by atoms with van der Waals surface area (Å²) in [6.07, 6.45) is 0.183. The van der Waals surface area contributed by atoms with Crippen molar-refractivity contribution in [2.24, 2.45) is 0 Å². The predicted octanol–water partition coefficient (Wildman–Crippen LogP) is 0.999. The van der Waals surface area contributed by atoms with Crippen molar-refractivity contribution >= 4 is 5.97 Å². The molecule has 0 amide bonds. The van der Waals surface area contributed by atoms with E-state index in [1.54, 1.807) is 6.92 Å². The van der Waals surface area contributed by atoms with Crippen LogP contribution in [0.1, 0.15) is 20.8 Å². The Balaban J connectivity index is 2.22. The summed E-state index contributed by atoms with van der Waals surface area (Å²) in [5.74, 6) is -1.13. The first-order valence-corrected chi connectivity index (χ1v) is 6.35. The summed E-state index contributed by atoms with van der Waals surface area (Å²) in [6, 6.07) is 0. The second kappa shape index (κ2) is 5.58. The Morgan fingerprint density at radius 2 is 2.21 bits per heavy atom. The van der Waals surface area contributed by atoms with E-state index in [2.05, 4.69) is 0 Å². The highest BCUT2D eigenvalue weighted by molar-refractivity contribution is 5.83. The fourth-order valence-electron chi connectivity index (χ4n) is 2.33. The standard InChI is InChI=1S/C13H20O6/c1-5-16-10(14)6-8-11-9(7-17-12(8)15-4)18-13(2,3)19-11/h6,9,11-12H,5,7H2,1-4H3/b8-6-/t9-,11+,12-/m1/s1. The third kappa shape index (κ3) is 3.14. The van der Waals surface area contributed by atoms with Crippen LogP contribution in [0.5, 0.6) is 0 Å². The number of hydrogen-bond donors (Lipinski definition) is 0. The van der Waals surface area contributed by atoms with Crippen LogP contribution in [0.3, 0.4) is 0 Å². The molecule has 0 bridgehead atoms. The zero-order chi connectivity index (χ0) is 14.0. The van der Waals surface area contributed by atoms with Crippen molar-refractivity contribution in [2.75, 3.05) is 20.3 Å². The van der Waals surface area contributed by atoms with Gasteiger partial charge in [0.15, 0.2) is 12.1 Å². The number of hydrogen-bond acceptors (Lipinski definition) is 6. The monoisotopic (exact) mass is 272 g/mol. The van der Waals surface area contributed by atoms with Gasteiger partial charge in [-0.15, -0.1) is 0 Å². The van der Waals surface area contributed by atoms with Crippen molar-refractivity contribution in [1.29, 1.82) is 0 Å². The van der Waals surface area contributed by atoms with Gasteiger partial charge in [0.05, 0.1) is 13.2 Å². The maximum atomic E-state index is 11.6. The highest BCUT2D eigenvalue weighted by atomic mass is 16.8. The van der Waals surface area contributed by atoms with Gasteiger partial charge in [-0.25, -0.2) is 4.79 Å². The van der Waals surface area contributed by atoms with E-state index in [0.717, 1.165) is 0 Å². The molecular weight excluding hydrogens is 252 g/mol. The molecule has 2 heterocycles. The molecule has 2 fully saturated rings. The molecule has 3 atom stereocenters. The number of rotatable bonds is 3. The zero-order valence-electron chi connectivity index (χ0n) is 11.7. The molecule has 6 nitrogen and oxygen atoms in total. The van der Waals surface area contributed by atoms with Gasteiger partial charge in [-0.05, 0) is 20.8 Å². The Morgan fingerprint density at radius 3 is 2.84 bits per heavy atom. The Kier molecular flexibility index (Phi) is 4.25. The lowest BCUT2D eigenvalue weighted by molar-refractivity contribution is -0.158. The first-order chi connectivity index (χ1) is 8.96. The highest BCUT2D eigenvalue weighted by Crippen LogP contribution is 2.37. The molecule has 0 radical (unpaired) electrons. The van der Waals surface area contributed by atoms with Crippen LogP contribution in [0.4, 0.5) is 0 Å². The van der Waals surface area contributed by atoms with E-state index >= 15 is 0 Å². The van der Waals surface area contributed by atoms with Gasteiger partial charge >= 0.3 is 5.97 Å². The lowest BCUT2D eigenvalue weighted by Crippen LogP contribution is -2.42. The van der Waals surface area contributed by atoms with Gasteiger partial charge in [0, 0.05) is 18.8 Å². The van der Waals surface area contributed by atoms with Gasteiger partial charge in [0.25, 0.3) is 0 Å². The minimum atomic E-state index is -0.699. The topological polar surface area (TPSA) is 63.2 Å². The molecular formula is C13H20O6. The minimum absolute atomic E-state index is 0.234. The molecule has 0 saturated carbocycles. The molecule has 0 aromatic rings. The van der Waals surface area contributed by atoms with Crippen molar-refractivity contribution in [3.8, 4) is 0 Å². The van der Waals surface area contributed by atoms with E-state index < -0.39 is 18.0 Å². The molecule has 0 N–H and O–H groups in total. The molecule has 108 valence electrons. The van der Waals surface area contributed by atoms with E-state index in [0.29, 0.717) is 18.8 Å². The minimum Gasteiger partial charge on any atom is -0.463 e. The summed E-state index contributed by atoms with van der Waals surface area (Å²) >= 11 is 0. The van der Waals surface area contributed by atoms with Crippen molar-refractivity contribution in [3.05, 3.63) is 11.6 Å². The van der Waals surface area contributed by atoms with Crippen LogP contribution in [0.25, 0.3) is 0 Å². The largest absolute Gasteiger partial charge is 0.463 e. The number of fused-ring (bicyclic) bond motifs is 1. The number of carbonyl (C=O) groups excluding carboxylic acids is 1. The molecule has 2 rings (SSSR count). The molecule has 2 aliphatic heterocycles. The third-order valence-corrected chi connectivity index (χ3v) is 2.98. The van der Waals surface area contributed by atoms with E-state index in [1.165, 1.54) is 13.2 Å². The van der Waals surface area contributed by atoms with Crippen molar-refractivity contribution in [1.82, 2.24) is 0 Å². The van der Waals surface area contributed by atoms with Crippen molar-refractivity contribution in [2.45, 2.75) is 45.1 Å².